The van der Waals surface area contributed by atoms with Gasteiger partial charge in [-0.1, -0.05) is 0 Å². The van der Waals surface area contributed by atoms with Gasteiger partial charge >= 0.3 is 0 Å². The molecular weight excluding hydrogens is 352 g/mol. The molecule has 0 amide bonds. The van der Waals surface area contributed by atoms with E-state index in [0.717, 1.165) is 69.2 Å². The van der Waals surface area contributed by atoms with Gasteiger partial charge in [0, 0.05) is 51.1 Å². The molecule has 0 N–H and O–H groups in total. The van der Waals surface area contributed by atoms with Gasteiger partial charge in [0.15, 0.2) is 5.82 Å². The van der Waals surface area contributed by atoms with Crippen molar-refractivity contribution in [2.24, 2.45) is 5.92 Å². The molecule has 5 rings (SSSR count). The summed E-state index contributed by atoms with van der Waals surface area (Å²) < 4.78 is 1.70. The van der Waals surface area contributed by atoms with Gasteiger partial charge in [-0.15, -0.1) is 5.10 Å². The monoisotopic (exact) mass is 380 g/mol. The predicted molar refractivity (Wildman–Crippen MR) is 107 cm³/mol. The van der Waals surface area contributed by atoms with E-state index < -0.39 is 0 Å². The summed E-state index contributed by atoms with van der Waals surface area (Å²) in [6.07, 6.45) is 5.52. The molecule has 7 nitrogen and oxygen atoms in total. The van der Waals surface area contributed by atoms with Gasteiger partial charge in [0.1, 0.15) is 0 Å². The van der Waals surface area contributed by atoms with Crippen molar-refractivity contribution >= 4 is 5.82 Å². The fourth-order valence-electron chi connectivity index (χ4n) is 4.39. The van der Waals surface area contributed by atoms with Gasteiger partial charge in [-0.3, -0.25) is 4.79 Å². The lowest BCUT2D eigenvalue weighted by Gasteiger charge is -2.33. The maximum atomic E-state index is 12.2. The van der Waals surface area contributed by atoms with Crippen molar-refractivity contribution in [1.82, 2.24) is 24.9 Å². The Morgan fingerprint density at radius 1 is 1.07 bits per heavy atom. The van der Waals surface area contributed by atoms with Crippen LogP contribution in [0.3, 0.4) is 0 Å². The minimum Gasteiger partial charge on any atom is -0.355 e. The smallest absolute Gasteiger partial charge is 0.266 e. The zero-order valence-corrected chi connectivity index (χ0v) is 16.5. The number of fused-ring (bicyclic) bond motifs is 1. The third-order valence-electron chi connectivity index (χ3n) is 6.37. The number of aromatic nitrogens is 4. The summed E-state index contributed by atoms with van der Waals surface area (Å²) in [7, 11) is 2.16. The molecule has 0 unspecified atom stereocenters. The largest absolute Gasteiger partial charge is 0.355 e. The molecule has 148 valence electrons. The van der Waals surface area contributed by atoms with Gasteiger partial charge in [-0.25, -0.2) is 4.68 Å². The Morgan fingerprint density at radius 2 is 1.89 bits per heavy atom. The van der Waals surface area contributed by atoms with Crippen LogP contribution in [0.1, 0.15) is 48.6 Å². The van der Waals surface area contributed by atoms with Gasteiger partial charge in [0.05, 0.1) is 11.4 Å². The Morgan fingerprint density at radius 3 is 2.68 bits per heavy atom. The number of hydrogen-bond acceptors (Lipinski definition) is 6. The van der Waals surface area contributed by atoms with Crippen molar-refractivity contribution < 1.29 is 0 Å². The van der Waals surface area contributed by atoms with E-state index in [2.05, 4.69) is 38.2 Å². The van der Waals surface area contributed by atoms with E-state index in [1.54, 1.807) is 10.7 Å². The molecule has 2 aromatic heterocycles. The first kappa shape index (κ1) is 17.8. The lowest BCUT2D eigenvalue weighted by atomic mass is 9.96. The second-order valence-corrected chi connectivity index (χ2v) is 8.65. The van der Waals surface area contributed by atoms with Crippen LogP contribution in [0.5, 0.6) is 0 Å². The molecule has 7 heteroatoms. The Hall–Kier alpha value is -2.28. The van der Waals surface area contributed by atoms with E-state index in [1.807, 2.05) is 6.07 Å². The summed E-state index contributed by atoms with van der Waals surface area (Å²) >= 11 is 0. The fraction of sp³-hybridized carbons (Fsp3) is 0.619. The molecule has 0 atom stereocenters. The van der Waals surface area contributed by atoms with Gasteiger partial charge in [-0.05, 0) is 56.3 Å². The SMILES string of the molecule is CN1CCc2nnc(N3CCC(Cn4nc(C5CC5)ccc4=O)CC3)cc2C1. The second kappa shape index (κ2) is 7.28. The van der Waals surface area contributed by atoms with Crippen LogP contribution in [0.25, 0.3) is 0 Å². The van der Waals surface area contributed by atoms with E-state index >= 15 is 0 Å². The van der Waals surface area contributed by atoms with Gasteiger partial charge in [0.25, 0.3) is 5.56 Å². The lowest BCUT2D eigenvalue weighted by Crippen LogP contribution is -2.38. The highest BCUT2D eigenvalue weighted by molar-refractivity contribution is 5.42. The van der Waals surface area contributed by atoms with Gasteiger partial charge < -0.3 is 9.80 Å². The number of rotatable bonds is 4. The van der Waals surface area contributed by atoms with Crippen molar-refractivity contribution in [3.8, 4) is 0 Å². The molecule has 0 aromatic carbocycles. The normalized spacial score (nSPS) is 21.0. The average molecular weight is 380 g/mol. The molecule has 2 aromatic rings. The van der Waals surface area contributed by atoms with Gasteiger partial charge in [-0.2, -0.15) is 10.2 Å². The highest BCUT2D eigenvalue weighted by Crippen LogP contribution is 2.38. The van der Waals surface area contributed by atoms with E-state index in [0.29, 0.717) is 11.8 Å². The molecule has 1 aliphatic carbocycles. The molecular formula is C21H28N6O. The van der Waals surface area contributed by atoms with Crippen molar-refractivity contribution in [2.75, 3.05) is 31.6 Å². The number of likely N-dealkylation sites (N-methyl/N-ethyl adjacent to an activating group) is 1. The molecule has 28 heavy (non-hydrogen) atoms. The minimum atomic E-state index is 0.0245. The van der Waals surface area contributed by atoms with Crippen molar-refractivity contribution in [1.29, 1.82) is 0 Å². The quantitative estimate of drug-likeness (QED) is 0.806. The molecule has 0 spiro atoms. The van der Waals surface area contributed by atoms with Crippen molar-refractivity contribution in [3.63, 3.8) is 0 Å². The first-order valence-electron chi connectivity index (χ1n) is 10.5. The zero-order chi connectivity index (χ0) is 19.1. The zero-order valence-electron chi connectivity index (χ0n) is 16.5. The third kappa shape index (κ3) is 3.68. The summed E-state index contributed by atoms with van der Waals surface area (Å²) in [5.41, 5.74) is 3.58. The summed E-state index contributed by atoms with van der Waals surface area (Å²) in [5, 5.41) is 13.6. The number of piperidine rings is 1. The molecule has 0 radical (unpaired) electrons. The average Bonchev–Trinajstić information content (AvgIpc) is 3.55. The summed E-state index contributed by atoms with van der Waals surface area (Å²) in [6.45, 7) is 4.67. The topological polar surface area (TPSA) is 67.2 Å². The maximum Gasteiger partial charge on any atom is 0.266 e. The molecule has 2 fully saturated rings. The van der Waals surface area contributed by atoms with Crippen LogP contribution < -0.4 is 10.5 Å². The molecule has 3 aliphatic rings. The number of nitrogens with zero attached hydrogens (tertiary/aromatic N) is 6. The van der Waals surface area contributed by atoms with Gasteiger partial charge in [0.2, 0.25) is 0 Å². The highest BCUT2D eigenvalue weighted by atomic mass is 16.1. The van der Waals surface area contributed by atoms with Crippen LogP contribution in [0, 0.1) is 5.92 Å². The molecule has 0 bridgehead atoms. The first-order chi connectivity index (χ1) is 13.7. The summed E-state index contributed by atoms with van der Waals surface area (Å²) in [5.74, 6) is 2.07. The minimum absolute atomic E-state index is 0.0245. The standard InChI is InChI=1S/C21H28N6O/c1-25-9-8-18-17(14-25)12-20(23-22-18)26-10-6-15(7-11-26)13-27-21(28)5-4-19(24-27)16-2-3-16/h4-5,12,15-16H,2-3,6-11,13-14H2,1H3. The van der Waals surface area contributed by atoms with Crippen LogP contribution in [0.15, 0.2) is 23.0 Å². The Labute approximate surface area is 165 Å². The van der Waals surface area contributed by atoms with E-state index in [9.17, 15) is 4.79 Å². The van der Waals surface area contributed by atoms with Crippen LogP contribution in [0.4, 0.5) is 5.82 Å². The Bertz CT molecular complexity index is 913. The summed E-state index contributed by atoms with van der Waals surface area (Å²) in [4.78, 5) is 16.9. The van der Waals surface area contributed by atoms with Crippen LogP contribution in [-0.2, 0) is 19.5 Å². The van der Waals surface area contributed by atoms with Crippen LogP contribution in [0.2, 0.25) is 0 Å². The Kier molecular flexibility index (Phi) is 4.62. The van der Waals surface area contributed by atoms with Crippen LogP contribution in [-0.4, -0.2) is 51.6 Å². The fourth-order valence-corrected chi connectivity index (χ4v) is 4.39. The molecule has 1 saturated carbocycles. The van der Waals surface area contributed by atoms with E-state index in [1.165, 1.54) is 18.4 Å². The maximum absolute atomic E-state index is 12.2. The molecule has 4 heterocycles. The summed E-state index contributed by atoms with van der Waals surface area (Å²) in [6, 6.07) is 5.82. The van der Waals surface area contributed by atoms with Crippen molar-refractivity contribution in [2.45, 2.75) is 51.1 Å². The van der Waals surface area contributed by atoms with E-state index in [-0.39, 0.29) is 5.56 Å². The highest BCUT2D eigenvalue weighted by Gasteiger charge is 2.27. The molecule has 1 saturated heterocycles. The first-order valence-corrected chi connectivity index (χ1v) is 10.5. The Balaban J connectivity index is 1.23. The molecule has 2 aliphatic heterocycles. The predicted octanol–water partition coefficient (Wildman–Crippen LogP) is 1.82. The third-order valence-corrected chi connectivity index (χ3v) is 6.37. The number of anilines is 1. The van der Waals surface area contributed by atoms with Crippen LogP contribution >= 0.6 is 0 Å². The van der Waals surface area contributed by atoms with Crippen molar-refractivity contribution in [3.05, 3.63) is 45.5 Å². The number of hydrogen-bond donors (Lipinski definition) is 0. The lowest BCUT2D eigenvalue weighted by molar-refractivity contribution is 0.308. The second-order valence-electron chi connectivity index (χ2n) is 8.65. The van der Waals surface area contributed by atoms with E-state index in [4.69, 9.17) is 0 Å².